The molecule has 1 amide bonds. The van der Waals surface area contributed by atoms with Crippen LogP contribution in [0.25, 0.3) is 0 Å². The van der Waals surface area contributed by atoms with E-state index >= 15 is 0 Å². The van der Waals surface area contributed by atoms with Crippen LogP contribution in [0.2, 0.25) is 0 Å². The van der Waals surface area contributed by atoms with Gasteiger partial charge in [-0.1, -0.05) is 11.8 Å². The van der Waals surface area contributed by atoms with Gasteiger partial charge in [-0.3, -0.25) is 4.79 Å². The van der Waals surface area contributed by atoms with Crippen LogP contribution in [0.5, 0.6) is 0 Å². The van der Waals surface area contributed by atoms with Gasteiger partial charge in [0.25, 0.3) is 5.91 Å². The summed E-state index contributed by atoms with van der Waals surface area (Å²) < 4.78 is 5.49. The molecule has 3 fully saturated rings. The van der Waals surface area contributed by atoms with Crippen LogP contribution in [0, 0.1) is 11.3 Å². The highest BCUT2D eigenvalue weighted by atomic mass is 32.2. The molecule has 2 bridgehead atoms. The lowest BCUT2D eigenvalue weighted by atomic mass is 9.81. The molecule has 1 unspecified atom stereocenters. The minimum Gasteiger partial charge on any atom is -0.375 e. The molecule has 0 radical (unpaired) electrons. The van der Waals surface area contributed by atoms with Gasteiger partial charge in [-0.05, 0) is 70.1 Å². The molecule has 0 N–H and O–H groups in total. The van der Waals surface area contributed by atoms with Gasteiger partial charge in [0.15, 0.2) is 0 Å². The summed E-state index contributed by atoms with van der Waals surface area (Å²) >= 11 is 1.78. The van der Waals surface area contributed by atoms with Crippen LogP contribution in [-0.4, -0.2) is 27.9 Å². The Balaban J connectivity index is 1.50. The second kappa shape index (κ2) is 4.58. The molecule has 21 heavy (non-hydrogen) atoms. The van der Waals surface area contributed by atoms with Crippen molar-refractivity contribution in [1.29, 1.82) is 0 Å². The van der Waals surface area contributed by atoms with E-state index in [1.807, 2.05) is 0 Å². The van der Waals surface area contributed by atoms with Gasteiger partial charge in [0, 0.05) is 13.0 Å². The van der Waals surface area contributed by atoms with Crippen molar-refractivity contribution in [2.24, 2.45) is 16.3 Å². The number of amides is 1. The molecule has 1 saturated heterocycles. The number of aliphatic imine (C=N–C) groups is 1. The molecule has 116 valence electrons. The minimum atomic E-state index is -0.315. The van der Waals surface area contributed by atoms with Crippen LogP contribution >= 0.6 is 11.8 Å². The smallest absolute Gasteiger partial charge is 0.263 e. The van der Waals surface area contributed by atoms with E-state index in [0.29, 0.717) is 12.0 Å². The second-order valence-electron chi connectivity index (χ2n) is 8.27. The summed E-state index contributed by atoms with van der Waals surface area (Å²) in [5, 5.41) is 1.13. The van der Waals surface area contributed by atoms with Crippen LogP contribution in [0.1, 0.15) is 65.2 Å². The third kappa shape index (κ3) is 2.39. The molecule has 0 aromatic carbocycles. The summed E-state index contributed by atoms with van der Waals surface area (Å²) in [4.78, 5) is 17.1. The first-order valence-electron chi connectivity index (χ1n) is 8.36. The first-order valence-corrected chi connectivity index (χ1v) is 9.17. The molecule has 2 heterocycles. The number of hydrogen-bond acceptors (Lipinski definition) is 3. The largest absolute Gasteiger partial charge is 0.375 e. The van der Waals surface area contributed by atoms with Gasteiger partial charge in [-0.2, -0.15) is 0 Å². The summed E-state index contributed by atoms with van der Waals surface area (Å²) in [7, 11) is 0. The quantitative estimate of drug-likeness (QED) is 0.775. The number of carbonyl (C=O) groups is 1. The summed E-state index contributed by atoms with van der Waals surface area (Å²) in [6, 6.07) is 0. The van der Waals surface area contributed by atoms with Crippen LogP contribution in [0.15, 0.2) is 4.99 Å². The fraction of sp³-hybridized carbons (Fsp3) is 0.882. The van der Waals surface area contributed by atoms with Crippen molar-refractivity contribution < 1.29 is 9.53 Å². The van der Waals surface area contributed by atoms with Gasteiger partial charge < -0.3 is 4.74 Å². The van der Waals surface area contributed by atoms with E-state index in [2.05, 4.69) is 18.8 Å². The monoisotopic (exact) mass is 307 g/mol. The average Bonchev–Trinajstić information content (AvgIpc) is 3.03. The lowest BCUT2D eigenvalue weighted by molar-refractivity contribution is -0.128. The summed E-state index contributed by atoms with van der Waals surface area (Å²) in [6.07, 6.45) is 9.57. The van der Waals surface area contributed by atoms with Crippen LogP contribution in [-0.2, 0) is 9.53 Å². The van der Waals surface area contributed by atoms with Crippen LogP contribution in [0.4, 0.5) is 0 Å². The van der Waals surface area contributed by atoms with Crippen molar-refractivity contribution in [3.8, 4) is 0 Å². The molecule has 2 aliphatic heterocycles. The summed E-state index contributed by atoms with van der Waals surface area (Å²) in [5.41, 5.74) is 0.291. The van der Waals surface area contributed by atoms with Gasteiger partial charge in [0.05, 0.1) is 10.6 Å². The number of nitrogens with zero attached hydrogens (tertiary/aromatic N) is 1. The van der Waals surface area contributed by atoms with Crippen molar-refractivity contribution in [3.63, 3.8) is 0 Å². The lowest BCUT2D eigenvalue weighted by Crippen LogP contribution is -2.46. The van der Waals surface area contributed by atoms with Crippen molar-refractivity contribution in [2.45, 2.75) is 75.6 Å². The highest BCUT2D eigenvalue weighted by Crippen LogP contribution is 2.58. The molecule has 4 aliphatic rings. The van der Waals surface area contributed by atoms with Gasteiger partial charge in [0.1, 0.15) is 4.75 Å². The number of carbonyl (C=O) groups excluding carboxylic acids is 1. The Hall–Kier alpha value is -0.350. The second-order valence-corrected chi connectivity index (χ2v) is 9.72. The maximum absolute atomic E-state index is 12.6. The molecule has 4 rings (SSSR count). The normalized spacial score (nSPS) is 44.6. The Bertz CT molecular complexity index is 505. The van der Waals surface area contributed by atoms with Gasteiger partial charge >= 0.3 is 0 Å². The molecule has 2 aliphatic carbocycles. The summed E-state index contributed by atoms with van der Waals surface area (Å²) in [5.74, 6) is 1.08. The molecule has 3 nitrogen and oxygen atoms in total. The first kappa shape index (κ1) is 14.3. The number of hydrogen-bond donors (Lipinski definition) is 0. The van der Waals surface area contributed by atoms with E-state index in [1.54, 1.807) is 11.8 Å². The maximum Gasteiger partial charge on any atom is 0.263 e. The number of ether oxygens (including phenoxy) is 1. The Morgan fingerprint density at radius 3 is 2.67 bits per heavy atom. The SMILES string of the molecule is CC1(C)CC2(CCO1)SC(CC13CCC(CC1)C3)=NC2=O. The molecular formula is C17H25NO2S. The fourth-order valence-corrected chi connectivity index (χ4v) is 6.75. The topological polar surface area (TPSA) is 38.7 Å². The highest BCUT2D eigenvalue weighted by molar-refractivity contribution is 8.16. The van der Waals surface area contributed by atoms with Crippen molar-refractivity contribution in [2.75, 3.05) is 6.61 Å². The van der Waals surface area contributed by atoms with Crippen LogP contribution in [0.3, 0.4) is 0 Å². The molecule has 2 saturated carbocycles. The summed E-state index contributed by atoms with van der Waals surface area (Å²) in [6.45, 7) is 4.87. The van der Waals surface area contributed by atoms with E-state index in [9.17, 15) is 4.79 Å². The van der Waals surface area contributed by atoms with E-state index in [4.69, 9.17) is 4.74 Å². The van der Waals surface area contributed by atoms with Crippen molar-refractivity contribution in [3.05, 3.63) is 0 Å². The lowest BCUT2D eigenvalue weighted by Gasteiger charge is -2.40. The Morgan fingerprint density at radius 1 is 1.29 bits per heavy atom. The Morgan fingerprint density at radius 2 is 2.05 bits per heavy atom. The third-order valence-electron chi connectivity index (χ3n) is 6.05. The zero-order valence-electron chi connectivity index (χ0n) is 13.1. The zero-order valence-corrected chi connectivity index (χ0v) is 13.9. The number of rotatable bonds is 2. The van der Waals surface area contributed by atoms with Gasteiger partial charge in [-0.25, -0.2) is 4.99 Å². The Labute approximate surface area is 131 Å². The van der Waals surface area contributed by atoms with Gasteiger partial charge in [0.2, 0.25) is 0 Å². The highest BCUT2D eigenvalue weighted by Gasteiger charge is 2.53. The molecule has 0 aromatic rings. The molecule has 1 atom stereocenters. The maximum atomic E-state index is 12.6. The minimum absolute atomic E-state index is 0.114. The third-order valence-corrected chi connectivity index (χ3v) is 7.44. The van der Waals surface area contributed by atoms with E-state index < -0.39 is 0 Å². The van der Waals surface area contributed by atoms with Gasteiger partial charge in [-0.15, -0.1) is 0 Å². The Kier molecular flexibility index (Phi) is 3.11. The zero-order chi connectivity index (χ0) is 14.7. The van der Waals surface area contributed by atoms with Crippen molar-refractivity contribution >= 4 is 22.7 Å². The average molecular weight is 307 g/mol. The predicted molar refractivity (Wildman–Crippen MR) is 85.7 cm³/mol. The standard InChI is InChI=1S/C17H25NO2S/c1-15(2)11-17(7-8-20-15)14(19)18-13(21-17)10-16-5-3-12(9-16)4-6-16/h12H,3-11H2,1-2H3. The number of fused-ring (bicyclic) bond motifs is 2. The predicted octanol–water partition coefficient (Wildman–Crippen LogP) is 3.96. The van der Waals surface area contributed by atoms with E-state index in [0.717, 1.165) is 30.2 Å². The first-order chi connectivity index (χ1) is 9.91. The number of thioether (sulfide) groups is 1. The van der Waals surface area contributed by atoms with E-state index in [1.165, 1.54) is 32.1 Å². The van der Waals surface area contributed by atoms with Crippen molar-refractivity contribution in [1.82, 2.24) is 0 Å². The molecule has 1 spiro atoms. The van der Waals surface area contributed by atoms with Crippen LogP contribution < -0.4 is 0 Å². The fourth-order valence-electron chi connectivity index (χ4n) is 5.05. The van der Waals surface area contributed by atoms with E-state index in [-0.39, 0.29) is 16.3 Å². The molecular weight excluding hydrogens is 282 g/mol. The molecule has 4 heteroatoms. The molecule has 0 aromatic heterocycles.